The molecule has 0 bridgehead atoms. The van der Waals surface area contributed by atoms with Gasteiger partial charge >= 0.3 is 5.97 Å². The van der Waals surface area contributed by atoms with Crippen LogP contribution in [0.25, 0.3) is 10.8 Å². The maximum Gasteiger partial charge on any atom is 0.335 e. The fraction of sp³-hybridized carbons (Fsp3) is 0.115. The molecule has 0 aliphatic rings. The molecule has 0 aliphatic carbocycles. The van der Waals surface area contributed by atoms with Crippen molar-refractivity contribution in [2.24, 2.45) is 0 Å². The number of fused-ring (bicyclic) bond motifs is 1. The highest BCUT2D eigenvalue weighted by Crippen LogP contribution is 2.27. The minimum Gasteiger partial charge on any atom is -0.478 e. The van der Waals surface area contributed by atoms with Gasteiger partial charge in [-0.15, -0.1) is 0 Å². The molecule has 0 saturated carbocycles. The average molecular weight is 445 g/mol. The SMILES string of the molecule is CC(c1cccc(Cl)c1)N(Cc1cccc(C(=O)O)c1)C(=O)c1cc2ccccc2cn1. The van der Waals surface area contributed by atoms with Crippen molar-refractivity contribution in [2.75, 3.05) is 0 Å². The maximum absolute atomic E-state index is 13.6. The molecule has 3 aromatic carbocycles. The van der Waals surface area contributed by atoms with E-state index in [1.165, 1.54) is 6.07 Å². The molecule has 4 aromatic rings. The van der Waals surface area contributed by atoms with Gasteiger partial charge in [0.2, 0.25) is 0 Å². The molecule has 4 rings (SSSR count). The Hall–Kier alpha value is -3.70. The Morgan fingerprint density at radius 2 is 1.72 bits per heavy atom. The van der Waals surface area contributed by atoms with Crippen LogP contribution >= 0.6 is 11.6 Å². The number of aromatic carboxylic acids is 1. The Kier molecular flexibility index (Phi) is 6.19. The van der Waals surface area contributed by atoms with Crippen molar-refractivity contribution in [3.8, 4) is 0 Å². The van der Waals surface area contributed by atoms with Crippen molar-refractivity contribution in [1.82, 2.24) is 9.88 Å². The number of pyridine rings is 1. The lowest BCUT2D eigenvalue weighted by Crippen LogP contribution is -2.33. The normalized spacial score (nSPS) is 11.8. The molecule has 6 heteroatoms. The van der Waals surface area contributed by atoms with E-state index in [9.17, 15) is 14.7 Å². The Labute approximate surface area is 190 Å². The number of hydrogen-bond acceptors (Lipinski definition) is 3. The van der Waals surface area contributed by atoms with Crippen LogP contribution in [0.3, 0.4) is 0 Å². The van der Waals surface area contributed by atoms with E-state index in [0.29, 0.717) is 16.3 Å². The number of nitrogens with zero attached hydrogens (tertiary/aromatic N) is 2. The Morgan fingerprint density at radius 3 is 2.47 bits per heavy atom. The van der Waals surface area contributed by atoms with E-state index >= 15 is 0 Å². The predicted octanol–water partition coefficient (Wildman–Crippen LogP) is 5.99. The second-order valence-corrected chi connectivity index (χ2v) is 8.02. The highest BCUT2D eigenvalue weighted by atomic mass is 35.5. The molecule has 1 heterocycles. The zero-order chi connectivity index (χ0) is 22.7. The summed E-state index contributed by atoms with van der Waals surface area (Å²) >= 11 is 6.19. The van der Waals surface area contributed by atoms with Crippen molar-refractivity contribution >= 4 is 34.2 Å². The molecule has 0 radical (unpaired) electrons. The molecule has 5 nitrogen and oxygen atoms in total. The quantitative estimate of drug-likeness (QED) is 0.396. The van der Waals surface area contributed by atoms with E-state index in [4.69, 9.17) is 11.6 Å². The number of carbonyl (C=O) groups excluding carboxylic acids is 1. The van der Waals surface area contributed by atoms with Gasteiger partial charge in [-0.2, -0.15) is 0 Å². The van der Waals surface area contributed by atoms with Crippen LogP contribution in [0, 0.1) is 0 Å². The third-order valence-electron chi connectivity index (χ3n) is 5.44. The number of hydrogen-bond donors (Lipinski definition) is 1. The molecule has 1 amide bonds. The smallest absolute Gasteiger partial charge is 0.335 e. The Balaban J connectivity index is 1.74. The van der Waals surface area contributed by atoms with Crippen molar-refractivity contribution in [1.29, 1.82) is 0 Å². The predicted molar refractivity (Wildman–Crippen MR) is 125 cm³/mol. The molecule has 0 aliphatic heterocycles. The Bertz CT molecular complexity index is 1310. The summed E-state index contributed by atoms with van der Waals surface area (Å²) in [5, 5.41) is 11.8. The first-order chi connectivity index (χ1) is 15.4. The number of carboxylic acid groups (broad SMARTS) is 1. The summed E-state index contributed by atoms with van der Waals surface area (Å²) in [6, 6.07) is 23.2. The number of amides is 1. The van der Waals surface area contributed by atoms with Gasteiger partial charge in [-0.25, -0.2) is 4.79 Å². The highest BCUT2D eigenvalue weighted by molar-refractivity contribution is 6.30. The summed E-state index contributed by atoms with van der Waals surface area (Å²) in [5.41, 5.74) is 2.09. The lowest BCUT2D eigenvalue weighted by molar-refractivity contribution is 0.0668. The van der Waals surface area contributed by atoms with Gasteiger partial charge in [0, 0.05) is 23.2 Å². The van der Waals surface area contributed by atoms with Gasteiger partial charge < -0.3 is 10.0 Å². The number of carboxylic acids is 1. The summed E-state index contributed by atoms with van der Waals surface area (Å²) in [7, 11) is 0. The molecule has 0 spiro atoms. The summed E-state index contributed by atoms with van der Waals surface area (Å²) in [6.45, 7) is 2.15. The fourth-order valence-corrected chi connectivity index (χ4v) is 3.88. The number of benzene rings is 3. The monoisotopic (exact) mass is 444 g/mol. The molecule has 0 saturated heterocycles. The fourth-order valence-electron chi connectivity index (χ4n) is 3.68. The topological polar surface area (TPSA) is 70.5 Å². The molecule has 1 aromatic heterocycles. The molecule has 160 valence electrons. The van der Waals surface area contributed by atoms with Crippen molar-refractivity contribution in [3.05, 3.63) is 112 Å². The molecule has 0 fully saturated rings. The number of carbonyl (C=O) groups is 2. The Morgan fingerprint density at radius 1 is 0.969 bits per heavy atom. The first-order valence-electron chi connectivity index (χ1n) is 10.2. The van der Waals surface area contributed by atoms with Crippen molar-refractivity contribution in [2.45, 2.75) is 19.5 Å². The van der Waals surface area contributed by atoms with Crippen LogP contribution in [0.2, 0.25) is 5.02 Å². The molecule has 1 N–H and O–H groups in total. The number of halogens is 1. The van der Waals surface area contributed by atoms with Gasteiger partial charge in [0.1, 0.15) is 5.69 Å². The second kappa shape index (κ2) is 9.20. The van der Waals surface area contributed by atoms with Crippen LogP contribution < -0.4 is 0 Å². The number of aromatic nitrogens is 1. The molecule has 32 heavy (non-hydrogen) atoms. The van der Waals surface area contributed by atoms with Gasteiger partial charge in [-0.3, -0.25) is 9.78 Å². The van der Waals surface area contributed by atoms with Gasteiger partial charge in [-0.05, 0) is 53.8 Å². The summed E-state index contributed by atoms with van der Waals surface area (Å²) in [5.74, 6) is -1.26. The van der Waals surface area contributed by atoms with Gasteiger partial charge in [0.05, 0.1) is 11.6 Å². The van der Waals surface area contributed by atoms with Crippen LogP contribution in [-0.2, 0) is 6.54 Å². The van der Waals surface area contributed by atoms with E-state index in [2.05, 4.69) is 4.98 Å². The zero-order valence-electron chi connectivity index (χ0n) is 17.4. The molecule has 1 unspecified atom stereocenters. The third kappa shape index (κ3) is 4.63. The molecular weight excluding hydrogens is 424 g/mol. The lowest BCUT2D eigenvalue weighted by Gasteiger charge is -2.30. The largest absolute Gasteiger partial charge is 0.478 e. The first-order valence-corrected chi connectivity index (χ1v) is 10.5. The highest BCUT2D eigenvalue weighted by Gasteiger charge is 2.25. The minimum absolute atomic E-state index is 0.175. The van der Waals surface area contributed by atoms with Crippen LogP contribution in [-0.4, -0.2) is 26.9 Å². The molecule has 1 atom stereocenters. The third-order valence-corrected chi connectivity index (χ3v) is 5.67. The second-order valence-electron chi connectivity index (χ2n) is 7.59. The number of rotatable bonds is 6. The maximum atomic E-state index is 13.6. The summed E-state index contributed by atoms with van der Waals surface area (Å²) in [6.07, 6.45) is 1.69. The average Bonchev–Trinajstić information content (AvgIpc) is 2.81. The van der Waals surface area contributed by atoms with E-state index < -0.39 is 5.97 Å². The summed E-state index contributed by atoms with van der Waals surface area (Å²) < 4.78 is 0. The van der Waals surface area contributed by atoms with E-state index in [-0.39, 0.29) is 24.1 Å². The minimum atomic E-state index is -1.01. The van der Waals surface area contributed by atoms with E-state index in [0.717, 1.165) is 16.3 Å². The first kappa shape index (κ1) is 21.5. The van der Waals surface area contributed by atoms with E-state index in [1.54, 1.807) is 35.4 Å². The van der Waals surface area contributed by atoms with Crippen LogP contribution in [0.4, 0.5) is 0 Å². The van der Waals surface area contributed by atoms with Crippen LogP contribution in [0.1, 0.15) is 44.9 Å². The van der Waals surface area contributed by atoms with Crippen molar-refractivity contribution < 1.29 is 14.7 Å². The van der Waals surface area contributed by atoms with Gasteiger partial charge in [-0.1, -0.05) is 60.1 Å². The zero-order valence-corrected chi connectivity index (χ0v) is 18.2. The summed E-state index contributed by atoms with van der Waals surface area (Å²) in [4.78, 5) is 31.1. The van der Waals surface area contributed by atoms with Crippen molar-refractivity contribution in [3.63, 3.8) is 0 Å². The lowest BCUT2D eigenvalue weighted by atomic mass is 10.0. The van der Waals surface area contributed by atoms with Gasteiger partial charge in [0.25, 0.3) is 5.91 Å². The van der Waals surface area contributed by atoms with Gasteiger partial charge in [0.15, 0.2) is 0 Å². The van der Waals surface area contributed by atoms with Crippen LogP contribution in [0.15, 0.2) is 85.1 Å². The van der Waals surface area contributed by atoms with Crippen LogP contribution in [0.5, 0.6) is 0 Å². The van der Waals surface area contributed by atoms with E-state index in [1.807, 2.05) is 55.5 Å². The standard InChI is InChI=1S/C26H21ClN2O3/c1-17(19-9-5-11-23(27)13-19)29(16-18-6-4-10-21(12-18)26(31)32)25(30)24-14-20-7-2-3-8-22(20)15-28-24/h2-15,17H,16H2,1H3,(H,31,32). The molecular formula is C26H21ClN2O3.